The van der Waals surface area contributed by atoms with E-state index in [1.807, 2.05) is 13.0 Å². The number of carbonyl (C=O) groups is 1. The number of amides is 1. The highest BCUT2D eigenvalue weighted by atomic mass is 32.2. The minimum atomic E-state index is 0.0385. The maximum Gasteiger partial charge on any atom is 0.251 e. The van der Waals surface area contributed by atoms with E-state index in [0.717, 1.165) is 42.7 Å². The summed E-state index contributed by atoms with van der Waals surface area (Å²) in [5.74, 6) is 1.11. The molecule has 3 nitrogen and oxygen atoms in total. The molecule has 0 unspecified atom stereocenters. The summed E-state index contributed by atoms with van der Waals surface area (Å²) in [5, 5.41) is 2.95. The summed E-state index contributed by atoms with van der Waals surface area (Å²) in [7, 11) is 0. The molecule has 0 aromatic rings. The van der Waals surface area contributed by atoms with E-state index in [1.54, 1.807) is 18.0 Å². The Morgan fingerprint density at radius 2 is 2.37 bits per heavy atom. The first kappa shape index (κ1) is 16.1. The van der Waals surface area contributed by atoms with Gasteiger partial charge in [0, 0.05) is 23.1 Å². The SMILES string of the molecule is C=C/C=C(\CC)NC(=O)C1=CC[C@@H](NSCC)CC1. The van der Waals surface area contributed by atoms with E-state index in [-0.39, 0.29) is 5.91 Å². The second-order valence-electron chi connectivity index (χ2n) is 4.49. The summed E-state index contributed by atoms with van der Waals surface area (Å²) in [5.41, 5.74) is 1.82. The van der Waals surface area contributed by atoms with Gasteiger partial charge in [0.15, 0.2) is 0 Å². The van der Waals surface area contributed by atoms with Crippen molar-refractivity contribution in [3.8, 4) is 0 Å². The molecule has 1 rings (SSSR count). The molecule has 0 bridgehead atoms. The molecule has 0 radical (unpaired) electrons. The van der Waals surface area contributed by atoms with Gasteiger partial charge in [-0.2, -0.15) is 0 Å². The van der Waals surface area contributed by atoms with Crippen molar-refractivity contribution in [3.63, 3.8) is 0 Å². The zero-order chi connectivity index (χ0) is 14.1. The predicted molar refractivity (Wildman–Crippen MR) is 83.7 cm³/mol. The number of hydrogen-bond acceptors (Lipinski definition) is 3. The van der Waals surface area contributed by atoms with Gasteiger partial charge in [-0.1, -0.05) is 44.5 Å². The molecule has 1 aliphatic rings. The van der Waals surface area contributed by atoms with E-state index in [1.165, 1.54) is 0 Å². The van der Waals surface area contributed by atoms with Crippen LogP contribution in [0.1, 0.15) is 39.5 Å². The van der Waals surface area contributed by atoms with E-state index in [9.17, 15) is 4.79 Å². The molecule has 0 saturated carbocycles. The molecule has 0 fully saturated rings. The van der Waals surface area contributed by atoms with Gasteiger partial charge in [-0.15, -0.1) is 0 Å². The van der Waals surface area contributed by atoms with Gasteiger partial charge >= 0.3 is 0 Å². The largest absolute Gasteiger partial charge is 0.326 e. The van der Waals surface area contributed by atoms with Crippen molar-refractivity contribution in [2.45, 2.75) is 45.6 Å². The third-order valence-corrected chi connectivity index (χ3v) is 3.86. The third kappa shape index (κ3) is 5.66. The summed E-state index contributed by atoms with van der Waals surface area (Å²) in [6, 6.07) is 0.496. The molecule has 1 aliphatic carbocycles. The van der Waals surface area contributed by atoms with Crippen LogP contribution in [0.15, 0.2) is 36.1 Å². The van der Waals surface area contributed by atoms with Crippen molar-refractivity contribution in [2.24, 2.45) is 0 Å². The van der Waals surface area contributed by atoms with Gasteiger partial charge < -0.3 is 5.32 Å². The minimum Gasteiger partial charge on any atom is -0.326 e. The lowest BCUT2D eigenvalue weighted by molar-refractivity contribution is -0.117. The third-order valence-electron chi connectivity index (χ3n) is 3.07. The van der Waals surface area contributed by atoms with Crippen LogP contribution in [0.5, 0.6) is 0 Å². The zero-order valence-corrected chi connectivity index (χ0v) is 12.7. The first-order chi connectivity index (χ1) is 9.21. The molecule has 1 amide bonds. The molecule has 1 atom stereocenters. The smallest absolute Gasteiger partial charge is 0.251 e. The summed E-state index contributed by atoms with van der Waals surface area (Å²) in [6.45, 7) is 7.81. The van der Waals surface area contributed by atoms with Crippen LogP contribution >= 0.6 is 11.9 Å². The molecule has 0 heterocycles. The van der Waals surface area contributed by atoms with Gasteiger partial charge in [0.1, 0.15) is 0 Å². The summed E-state index contributed by atoms with van der Waals surface area (Å²) in [6.07, 6.45) is 9.23. The fourth-order valence-electron chi connectivity index (χ4n) is 1.96. The molecular formula is C15H24N2OS. The number of rotatable bonds is 7. The summed E-state index contributed by atoms with van der Waals surface area (Å²) >= 11 is 1.75. The van der Waals surface area contributed by atoms with Crippen LogP contribution in [0.2, 0.25) is 0 Å². The highest BCUT2D eigenvalue weighted by Crippen LogP contribution is 2.20. The lowest BCUT2D eigenvalue weighted by Crippen LogP contribution is -2.30. The van der Waals surface area contributed by atoms with E-state index in [0.29, 0.717) is 6.04 Å². The normalized spacial score (nSPS) is 19.8. The van der Waals surface area contributed by atoms with Crippen LogP contribution < -0.4 is 10.0 Å². The van der Waals surface area contributed by atoms with Crippen LogP contribution in [0.25, 0.3) is 0 Å². The fourth-order valence-corrected chi connectivity index (χ4v) is 2.58. The Labute approximate surface area is 120 Å². The molecule has 0 aromatic heterocycles. The van der Waals surface area contributed by atoms with Crippen LogP contribution in [0.3, 0.4) is 0 Å². The molecule has 106 valence electrons. The molecule has 2 N–H and O–H groups in total. The highest BCUT2D eigenvalue weighted by Gasteiger charge is 2.18. The molecule has 19 heavy (non-hydrogen) atoms. The molecule has 0 spiro atoms. The predicted octanol–water partition coefficient (Wildman–Crippen LogP) is 3.32. The van der Waals surface area contributed by atoms with Crippen LogP contribution in [0, 0.1) is 0 Å². The maximum atomic E-state index is 12.1. The Hall–Kier alpha value is -1.00. The second kappa shape index (κ2) is 8.99. The quantitative estimate of drug-likeness (QED) is 0.555. The second-order valence-corrected chi connectivity index (χ2v) is 5.59. The lowest BCUT2D eigenvalue weighted by Gasteiger charge is -2.22. The van der Waals surface area contributed by atoms with Crippen molar-refractivity contribution < 1.29 is 4.79 Å². The van der Waals surface area contributed by atoms with Gasteiger partial charge in [0.2, 0.25) is 0 Å². The van der Waals surface area contributed by atoms with Crippen molar-refractivity contribution in [2.75, 3.05) is 5.75 Å². The van der Waals surface area contributed by atoms with E-state index < -0.39 is 0 Å². The van der Waals surface area contributed by atoms with Gasteiger partial charge in [0.25, 0.3) is 5.91 Å². The number of carbonyl (C=O) groups excluding carboxylic acids is 1. The average molecular weight is 280 g/mol. The van der Waals surface area contributed by atoms with E-state index >= 15 is 0 Å². The number of nitrogens with one attached hydrogen (secondary N) is 2. The van der Waals surface area contributed by atoms with Gasteiger partial charge in [-0.3, -0.25) is 9.52 Å². The Bertz CT molecular complexity index is 374. The Morgan fingerprint density at radius 1 is 1.58 bits per heavy atom. The van der Waals surface area contributed by atoms with Crippen LogP contribution in [-0.4, -0.2) is 17.7 Å². The Kier molecular flexibility index (Phi) is 7.60. The van der Waals surface area contributed by atoms with E-state index in [2.05, 4.69) is 29.6 Å². The summed E-state index contributed by atoms with van der Waals surface area (Å²) < 4.78 is 3.42. The first-order valence-electron chi connectivity index (χ1n) is 6.90. The first-order valence-corrected chi connectivity index (χ1v) is 7.89. The Balaban J connectivity index is 2.48. The molecule has 0 saturated heterocycles. The number of allylic oxidation sites excluding steroid dienone is 3. The zero-order valence-electron chi connectivity index (χ0n) is 11.9. The monoisotopic (exact) mass is 280 g/mol. The molecule has 0 aliphatic heterocycles. The van der Waals surface area contributed by atoms with Crippen molar-refractivity contribution in [3.05, 3.63) is 36.1 Å². The van der Waals surface area contributed by atoms with Gasteiger partial charge in [-0.05, 0) is 31.8 Å². The average Bonchev–Trinajstić information content (AvgIpc) is 2.45. The van der Waals surface area contributed by atoms with Crippen LogP contribution in [-0.2, 0) is 4.79 Å². The standard InChI is InChI=1S/C15H24N2OS/c1-4-7-13(5-2)16-15(18)12-8-10-14(11-9-12)17-19-6-3/h4,7-8,14,17H,1,5-6,9-11H2,2-3H3,(H,16,18)/b13-7+/t14-/m1/s1. The maximum absolute atomic E-state index is 12.1. The topological polar surface area (TPSA) is 41.1 Å². The highest BCUT2D eigenvalue weighted by molar-refractivity contribution is 7.97. The minimum absolute atomic E-state index is 0.0385. The van der Waals surface area contributed by atoms with Crippen molar-refractivity contribution in [1.82, 2.24) is 10.0 Å². The molecular weight excluding hydrogens is 256 g/mol. The lowest BCUT2D eigenvalue weighted by atomic mass is 9.95. The Morgan fingerprint density at radius 3 is 2.89 bits per heavy atom. The summed E-state index contributed by atoms with van der Waals surface area (Å²) in [4.78, 5) is 12.1. The van der Waals surface area contributed by atoms with Gasteiger partial charge in [-0.25, -0.2) is 0 Å². The van der Waals surface area contributed by atoms with Crippen LogP contribution in [0.4, 0.5) is 0 Å². The molecule has 4 heteroatoms. The fraction of sp³-hybridized carbons (Fsp3) is 0.533. The van der Waals surface area contributed by atoms with E-state index in [4.69, 9.17) is 0 Å². The van der Waals surface area contributed by atoms with Crippen molar-refractivity contribution >= 4 is 17.9 Å². The number of hydrogen-bond donors (Lipinski definition) is 2. The molecule has 0 aromatic carbocycles. The van der Waals surface area contributed by atoms with Crippen molar-refractivity contribution in [1.29, 1.82) is 0 Å². The van der Waals surface area contributed by atoms with Gasteiger partial charge in [0.05, 0.1) is 0 Å².